The van der Waals surface area contributed by atoms with Crippen LogP contribution in [0, 0.1) is 0 Å². The van der Waals surface area contributed by atoms with Gasteiger partial charge in [-0.15, -0.1) is 0 Å². The van der Waals surface area contributed by atoms with Gasteiger partial charge in [0, 0.05) is 24.3 Å². The van der Waals surface area contributed by atoms with Crippen LogP contribution in [0.15, 0.2) is 6.07 Å². The lowest BCUT2D eigenvalue weighted by molar-refractivity contribution is 0.372. The first-order chi connectivity index (χ1) is 11.1. The quantitative estimate of drug-likeness (QED) is 0.902. The standard InChI is InChI=1S/C21H34N2O/c1-20(2)9-12-23-13-10-21(3,4)17-18(23)16(20)14-15(19(17)24)8-7-11-22(5)6/h14,24H,7-13H2,1-6H3. The molecular formula is C21H34N2O. The lowest BCUT2D eigenvalue weighted by Crippen LogP contribution is -2.44. The number of hydrogen-bond donors (Lipinski definition) is 1. The average molecular weight is 331 g/mol. The van der Waals surface area contributed by atoms with Crippen molar-refractivity contribution in [1.29, 1.82) is 0 Å². The summed E-state index contributed by atoms with van der Waals surface area (Å²) >= 11 is 0. The van der Waals surface area contributed by atoms with Gasteiger partial charge in [0.05, 0.1) is 0 Å². The summed E-state index contributed by atoms with van der Waals surface area (Å²) < 4.78 is 0. The van der Waals surface area contributed by atoms with Gasteiger partial charge in [0.25, 0.3) is 0 Å². The molecule has 3 heteroatoms. The Balaban J connectivity index is 2.11. The Morgan fingerprint density at radius 1 is 1.08 bits per heavy atom. The summed E-state index contributed by atoms with van der Waals surface area (Å²) in [6.45, 7) is 12.6. The first kappa shape index (κ1) is 17.6. The smallest absolute Gasteiger partial charge is 0.124 e. The van der Waals surface area contributed by atoms with E-state index in [4.69, 9.17) is 0 Å². The van der Waals surface area contributed by atoms with E-state index in [9.17, 15) is 5.11 Å². The van der Waals surface area contributed by atoms with Crippen LogP contribution < -0.4 is 4.90 Å². The number of phenolic OH excluding ortho intramolecular Hbond substituents is 1. The van der Waals surface area contributed by atoms with E-state index < -0.39 is 0 Å². The van der Waals surface area contributed by atoms with Crippen LogP contribution in [0.4, 0.5) is 5.69 Å². The molecule has 0 aliphatic carbocycles. The van der Waals surface area contributed by atoms with Crippen LogP contribution in [0.5, 0.6) is 5.75 Å². The molecule has 0 unspecified atom stereocenters. The molecule has 0 radical (unpaired) electrons. The minimum Gasteiger partial charge on any atom is -0.507 e. The van der Waals surface area contributed by atoms with E-state index >= 15 is 0 Å². The lowest BCUT2D eigenvalue weighted by atomic mass is 9.68. The van der Waals surface area contributed by atoms with Crippen LogP contribution in [0.25, 0.3) is 0 Å². The van der Waals surface area contributed by atoms with E-state index in [0.717, 1.165) is 44.5 Å². The second kappa shape index (κ2) is 5.94. The van der Waals surface area contributed by atoms with Gasteiger partial charge in [0.15, 0.2) is 0 Å². The van der Waals surface area contributed by atoms with Gasteiger partial charge < -0.3 is 14.9 Å². The van der Waals surface area contributed by atoms with Crippen molar-refractivity contribution in [3.63, 3.8) is 0 Å². The van der Waals surface area contributed by atoms with E-state index in [-0.39, 0.29) is 10.8 Å². The van der Waals surface area contributed by atoms with E-state index in [2.05, 4.69) is 57.7 Å². The van der Waals surface area contributed by atoms with Crippen molar-refractivity contribution < 1.29 is 5.11 Å². The fourth-order valence-corrected chi connectivity index (χ4v) is 4.40. The summed E-state index contributed by atoms with van der Waals surface area (Å²) in [7, 11) is 4.22. The van der Waals surface area contributed by atoms with E-state index in [1.807, 2.05) is 0 Å². The van der Waals surface area contributed by atoms with Gasteiger partial charge in [-0.05, 0) is 74.3 Å². The highest BCUT2D eigenvalue weighted by Crippen LogP contribution is 2.53. The van der Waals surface area contributed by atoms with Crippen molar-refractivity contribution >= 4 is 5.69 Å². The maximum atomic E-state index is 11.1. The molecule has 1 aromatic rings. The molecule has 0 aromatic heterocycles. The van der Waals surface area contributed by atoms with Crippen molar-refractivity contribution in [2.24, 2.45) is 0 Å². The molecular weight excluding hydrogens is 296 g/mol. The van der Waals surface area contributed by atoms with Crippen LogP contribution in [0.2, 0.25) is 0 Å². The third-order valence-electron chi connectivity index (χ3n) is 6.14. The van der Waals surface area contributed by atoms with Crippen molar-refractivity contribution in [2.75, 3.05) is 38.6 Å². The van der Waals surface area contributed by atoms with Crippen LogP contribution in [0.3, 0.4) is 0 Å². The minimum absolute atomic E-state index is 0.0512. The molecule has 1 aromatic carbocycles. The fourth-order valence-electron chi connectivity index (χ4n) is 4.40. The second-order valence-corrected chi connectivity index (χ2v) is 9.32. The third kappa shape index (κ3) is 2.92. The van der Waals surface area contributed by atoms with E-state index in [1.54, 1.807) is 0 Å². The third-order valence-corrected chi connectivity index (χ3v) is 6.14. The normalized spacial score (nSPS) is 21.0. The van der Waals surface area contributed by atoms with Gasteiger partial charge in [0.2, 0.25) is 0 Å². The fraction of sp³-hybridized carbons (Fsp3) is 0.714. The highest BCUT2D eigenvalue weighted by molar-refractivity contribution is 5.73. The predicted octanol–water partition coefficient (Wildman–Crippen LogP) is 4.06. The van der Waals surface area contributed by atoms with Gasteiger partial charge in [-0.1, -0.05) is 27.7 Å². The number of nitrogens with zero attached hydrogens (tertiary/aromatic N) is 2. The molecule has 2 heterocycles. The number of aromatic hydroxyl groups is 1. The molecule has 0 saturated heterocycles. The van der Waals surface area contributed by atoms with E-state index in [0.29, 0.717) is 5.75 Å². The molecule has 24 heavy (non-hydrogen) atoms. The molecule has 0 amide bonds. The number of rotatable bonds is 4. The number of hydrogen-bond acceptors (Lipinski definition) is 3. The topological polar surface area (TPSA) is 26.7 Å². The summed E-state index contributed by atoms with van der Waals surface area (Å²) in [4.78, 5) is 4.74. The number of aryl methyl sites for hydroxylation is 1. The zero-order valence-electron chi connectivity index (χ0n) is 16.4. The molecule has 1 N–H and O–H groups in total. The van der Waals surface area contributed by atoms with Crippen LogP contribution >= 0.6 is 0 Å². The Labute approximate surface area is 147 Å². The molecule has 134 valence electrons. The minimum atomic E-state index is 0.0512. The molecule has 2 aliphatic heterocycles. The highest BCUT2D eigenvalue weighted by Gasteiger charge is 2.42. The molecule has 3 rings (SSSR count). The molecule has 0 spiro atoms. The summed E-state index contributed by atoms with van der Waals surface area (Å²) in [5.41, 5.74) is 5.40. The molecule has 2 aliphatic rings. The van der Waals surface area contributed by atoms with Crippen molar-refractivity contribution in [2.45, 2.75) is 64.2 Å². The van der Waals surface area contributed by atoms with Gasteiger partial charge in [-0.2, -0.15) is 0 Å². The molecule has 0 saturated carbocycles. The maximum Gasteiger partial charge on any atom is 0.124 e. The van der Waals surface area contributed by atoms with Crippen molar-refractivity contribution in [3.05, 3.63) is 22.8 Å². The highest BCUT2D eigenvalue weighted by atomic mass is 16.3. The monoisotopic (exact) mass is 330 g/mol. The van der Waals surface area contributed by atoms with Crippen LogP contribution in [-0.4, -0.2) is 43.7 Å². The summed E-state index contributed by atoms with van der Waals surface area (Å²) in [6, 6.07) is 2.32. The number of benzene rings is 1. The Hall–Kier alpha value is -1.22. The van der Waals surface area contributed by atoms with E-state index in [1.165, 1.54) is 23.2 Å². The summed E-state index contributed by atoms with van der Waals surface area (Å²) in [5.74, 6) is 0.569. The maximum absolute atomic E-state index is 11.1. The van der Waals surface area contributed by atoms with Crippen LogP contribution in [0.1, 0.15) is 63.6 Å². The Kier molecular flexibility index (Phi) is 4.36. The number of phenols is 1. The molecule has 0 fully saturated rings. The zero-order chi connectivity index (χ0) is 17.7. The van der Waals surface area contributed by atoms with Crippen molar-refractivity contribution in [3.8, 4) is 5.75 Å². The lowest BCUT2D eigenvalue weighted by Gasteiger charge is -2.48. The zero-order valence-corrected chi connectivity index (χ0v) is 16.4. The average Bonchev–Trinajstić information content (AvgIpc) is 2.46. The van der Waals surface area contributed by atoms with Gasteiger partial charge >= 0.3 is 0 Å². The first-order valence-corrected chi connectivity index (χ1v) is 9.43. The van der Waals surface area contributed by atoms with Crippen LogP contribution in [-0.2, 0) is 17.3 Å². The summed E-state index contributed by atoms with van der Waals surface area (Å²) in [6.07, 6.45) is 4.36. The Morgan fingerprint density at radius 2 is 1.71 bits per heavy atom. The first-order valence-electron chi connectivity index (χ1n) is 9.43. The molecule has 0 atom stereocenters. The molecule has 0 bridgehead atoms. The Morgan fingerprint density at radius 3 is 2.33 bits per heavy atom. The second-order valence-electron chi connectivity index (χ2n) is 9.32. The SMILES string of the molecule is CN(C)CCCc1cc2c3c(c1O)C(C)(C)CCN3CCC2(C)C. The number of anilines is 1. The van der Waals surface area contributed by atoms with Gasteiger partial charge in [0.1, 0.15) is 5.75 Å². The van der Waals surface area contributed by atoms with Gasteiger partial charge in [-0.25, -0.2) is 0 Å². The molecule has 3 nitrogen and oxygen atoms in total. The largest absolute Gasteiger partial charge is 0.507 e. The van der Waals surface area contributed by atoms with Crippen molar-refractivity contribution in [1.82, 2.24) is 4.90 Å². The van der Waals surface area contributed by atoms with Gasteiger partial charge in [-0.3, -0.25) is 0 Å². The summed E-state index contributed by atoms with van der Waals surface area (Å²) in [5, 5.41) is 11.1. The Bertz CT molecular complexity index is 629. The predicted molar refractivity (Wildman–Crippen MR) is 102 cm³/mol.